The quantitative estimate of drug-likeness (QED) is 0.610. The molecule has 0 aromatic heterocycles. The first-order valence-electron chi connectivity index (χ1n) is 5.62. The topological polar surface area (TPSA) is 66.5 Å². The highest BCUT2D eigenvalue weighted by molar-refractivity contribution is 14.1. The van der Waals surface area contributed by atoms with Crippen LogP contribution >= 0.6 is 45.2 Å². The zero-order chi connectivity index (χ0) is 12.6. The monoisotopic (exact) mass is 459 g/mol. The number of halogens is 2. The van der Waals surface area contributed by atoms with Crippen LogP contribution < -0.4 is 5.73 Å². The van der Waals surface area contributed by atoms with Crippen molar-refractivity contribution in [3.8, 4) is 5.75 Å². The molecule has 2 atom stereocenters. The van der Waals surface area contributed by atoms with Gasteiger partial charge in [0.05, 0.1) is 15.7 Å². The molecule has 5 heteroatoms. The Morgan fingerprint density at radius 1 is 1.29 bits per heavy atom. The number of aliphatic hydroxyl groups excluding tert-OH is 1. The molecule has 0 heterocycles. The van der Waals surface area contributed by atoms with Gasteiger partial charge in [0, 0.05) is 9.13 Å². The van der Waals surface area contributed by atoms with Gasteiger partial charge in [-0.1, -0.05) is 6.42 Å². The molecule has 0 amide bonds. The van der Waals surface area contributed by atoms with Crippen LogP contribution in [0.3, 0.4) is 0 Å². The van der Waals surface area contributed by atoms with Crippen molar-refractivity contribution in [3.05, 3.63) is 24.8 Å². The lowest BCUT2D eigenvalue weighted by Crippen LogP contribution is -2.36. The number of aliphatic hydroxyl groups is 1. The van der Waals surface area contributed by atoms with E-state index in [4.69, 9.17) is 5.73 Å². The molecule has 2 rings (SSSR count). The minimum atomic E-state index is -0.552. The first kappa shape index (κ1) is 13.8. The average Bonchev–Trinajstić information content (AvgIpc) is 2.19. The number of phenols is 1. The van der Waals surface area contributed by atoms with Crippen LogP contribution in [0.25, 0.3) is 0 Å². The van der Waals surface area contributed by atoms with Crippen molar-refractivity contribution in [1.29, 1.82) is 0 Å². The summed E-state index contributed by atoms with van der Waals surface area (Å²) < 4.78 is 1.80. The minimum Gasteiger partial charge on any atom is -0.506 e. The zero-order valence-electron chi connectivity index (χ0n) is 9.24. The van der Waals surface area contributed by atoms with Crippen LogP contribution in [-0.2, 0) is 0 Å². The predicted octanol–water partition coefficient (Wildman–Crippen LogP) is 2.76. The fraction of sp³-hybridized carbons (Fsp3) is 0.500. The minimum absolute atomic E-state index is 0.205. The summed E-state index contributed by atoms with van der Waals surface area (Å²) >= 11 is 4.27. The first-order valence-corrected chi connectivity index (χ1v) is 7.78. The van der Waals surface area contributed by atoms with Crippen LogP contribution in [0.15, 0.2) is 12.1 Å². The molecule has 0 radical (unpaired) electrons. The Bertz CT molecular complexity index is 421. The van der Waals surface area contributed by atoms with E-state index < -0.39 is 12.1 Å². The molecular formula is C12H15I2NO2. The Morgan fingerprint density at radius 3 is 2.47 bits per heavy atom. The molecule has 1 fully saturated rings. The van der Waals surface area contributed by atoms with Gasteiger partial charge in [-0.05, 0) is 76.1 Å². The summed E-state index contributed by atoms with van der Waals surface area (Å²) in [5, 5.41) is 20.2. The molecule has 0 aliphatic heterocycles. The van der Waals surface area contributed by atoms with Gasteiger partial charge in [-0.25, -0.2) is 0 Å². The van der Waals surface area contributed by atoms with Gasteiger partial charge in [0.15, 0.2) is 0 Å². The third-order valence-electron chi connectivity index (χ3n) is 3.42. The third kappa shape index (κ3) is 2.87. The van der Waals surface area contributed by atoms with Gasteiger partial charge >= 0.3 is 0 Å². The molecule has 1 aromatic rings. The molecule has 1 aromatic carbocycles. The Hall–Kier alpha value is 0.400. The van der Waals surface area contributed by atoms with Crippen LogP contribution in [-0.4, -0.2) is 16.3 Å². The standard InChI is InChI=1S/C12H15I2NO2/c13-7-4-8(12(17)9(14)5-7)10(15)11(16)6-2-1-3-6/h4-6,10-11,16-17H,1-3,15H2/t10-,11+/m1/s1. The predicted molar refractivity (Wildman–Crippen MR) is 83.8 cm³/mol. The lowest BCUT2D eigenvalue weighted by molar-refractivity contribution is 0.0407. The molecule has 0 bridgehead atoms. The van der Waals surface area contributed by atoms with Gasteiger partial charge in [0.1, 0.15) is 5.75 Å². The molecule has 1 aliphatic carbocycles. The highest BCUT2D eigenvalue weighted by Gasteiger charge is 2.32. The van der Waals surface area contributed by atoms with Crippen LogP contribution in [0, 0.1) is 13.1 Å². The summed E-state index contributed by atoms with van der Waals surface area (Å²) in [5.41, 5.74) is 6.72. The van der Waals surface area contributed by atoms with E-state index in [0.29, 0.717) is 11.5 Å². The second-order valence-corrected chi connectivity index (χ2v) is 6.94. The normalized spacial score (nSPS) is 19.8. The van der Waals surface area contributed by atoms with E-state index >= 15 is 0 Å². The average molecular weight is 459 g/mol. The van der Waals surface area contributed by atoms with E-state index in [2.05, 4.69) is 45.2 Å². The van der Waals surface area contributed by atoms with Crippen molar-refractivity contribution in [2.45, 2.75) is 31.4 Å². The second-order valence-electron chi connectivity index (χ2n) is 4.53. The van der Waals surface area contributed by atoms with Crippen molar-refractivity contribution < 1.29 is 10.2 Å². The van der Waals surface area contributed by atoms with Gasteiger partial charge in [-0.15, -0.1) is 0 Å². The fourth-order valence-electron chi connectivity index (χ4n) is 2.10. The van der Waals surface area contributed by atoms with E-state index in [1.165, 1.54) is 6.42 Å². The highest BCUT2D eigenvalue weighted by Crippen LogP contribution is 2.38. The van der Waals surface area contributed by atoms with Crippen LogP contribution in [0.1, 0.15) is 30.9 Å². The maximum absolute atomic E-state index is 10.2. The van der Waals surface area contributed by atoms with Gasteiger partial charge in [-0.2, -0.15) is 0 Å². The first-order chi connectivity index (χ1) is 8.00. The molecule has 17 heavy (non-hydrogen) atoms. The Labute approximate surface area is 128 Å². The molecule has 1 aliphatic rings. The summed E-state index contributed by atoms with van der Waals surface area (Å²) in [6, 6.07) is 3.25. The Balaban J connectivity index is 2.26. The maximum Gasteiger partial charge on any atom is 0.133 e. The SMILES string of the molecule is N[C@H](c1cc(I)cc(I)c1O)[C@@H](O)C1CCC1. The van der Waals surface area contributed by atoms with Gasteiger partial charge < -0.3 is 15.9 Å². The van der Waals surface area contributed by atoms with E-state index in [-0.39, 0.29) is 5.75 Å². The molecule has 3 nitrogen and oxygen atoms in total. The zero-order valence-corrected chi connectivity index (χ0v) is 13.6. The summed E-state index contributed by atoms with van der Waals surface area (Å²) in [4.78, 5) is 0. The lowest BCUT2D eigenvalue weighted by Gasteiger charge is -2.34. The highest BCUT2D eigenvalue weighted by atomic mass is 127. The summed E-state index contributed by atoms with van der Waals surface area (Å²) in [6.45, 7) is 0. The van der Waals surface area contributed by atoms with E-state index in [1.807, 2.05) is 12.1 Å². The van der Waals surface area contributed by atoms with Gasteiger partial charge in [0.25, 0.3) is 0 Å². The summed E-state index contributed by atoms with van der Waals surface area (Å²) in [5.74, 6) is 0.497. The van der Waals surface area contributed by atoms with Crippen LogP contribution in [0.2, 0.25) is 0 Å². The third-order valence-corrected chi connectivity index (χ3v) is 4.86. The van der Waals surface area contributed by atoms with E-state index in [1.54, 1.807) is 0 Å². The van der Waals surface area contributed by atoms with E-state index in [0.717, 1.165) is 20.0 Å². The van der Waals surface area contributed by atoms with Crippen molar-refractivity contribution in [1.82, 2.24) is 0 Å². The largest absolute Gasteiger partial charge is 0.506 e. The summed E-state index contributed by atoms with van der Waals surface area (Å²) in [6.07, 6.45) is 2.70. The molecule has 1 saturated carbocycles. The van der Waals surface area contributed by atoms with Gasteiger partial charge in [-0.3, -0.25) is 0 Å². The number of benzene rings is 1. The van der Waals surface area contributed by atoms with Crippen molar-refractivity contribution in [2.75, 3.05) is 0 Å². The lowest BCUT2D eigenvalue weighted by atomic mass is 9.77. The van der Waals surface area contributed by atoms with Crippen LogP contribution in [0.5, 0.6) is 5.75 Å². The maximum atomic E-state index is 10.2. The Kier molecular flexibility index (Phi) is 4.54. The molecule has 94 valence electrons. The number of aromatic hydroxyl groups is 1. The fourth-order valence-corrected chi connectivity index (χ4v) is 3.99. The molecular weight excluding hydrogens is 444 g/mol. The number of nitrogens with two attached hydrogens (primary N) is 1. The molecule has 0 unspecified atom stereocenters. The number of rotatable bonds is 3. The van der Waals surface area contributed by atoms with Crippen molar-refractivity contribution >= 4 is 45.2 Å². The molecule has 0 spiro atoms. The smallest absolute Gasteiger partial charge is 0.133 e. The number of hydrogen-bond acceptors (Lipinski definition) is 3. The van der Waals surface area contributed by atoms with Crippen LogP contribution in [0.4, 0.5) is 0 Å². The van der Waals surface area contributed by atoms with E-state index in [9.17, 15) is 10.2 Å². The van der Waals surface area contributed by atoms with Crippen molar-refractivity contribution in [3.63, 3.8) is 0 Å². The van der Waals surface area contributed by atoms with Crippen molar-refractivity contribution in [2.24, 2.45) is 11.7 Å². The number of hydrogen-bond donors (Lipinski definition) is 3. The second kappa shape index (κ2) is 5.58. The summed E-state index contributed by atoms with van der Waals surface area (Å²) in [7, 11) is 0. The Morgan fingerprint density at radius 2 is 1.94 bits per heavy atom. The molecule has 0 saturated heterocycles. The van der Waals surface area contributed by atoms with Gasteiger partial charge in [0.2, 0.25) is 0 Å². The number of phenolic OH excluding ortho intramolecular Hbond substituents is 1. The molecule has 4 N–H and O–H groups in total.